The van der Waals surface area contributed by atoms with Gasteiger partial charge in [0.25, 0.3) is 0 Å². The third kappa shape index (κ3) is 3.73. The molecule has 0 amide bonds. The van der Waals surface area contributed by atoms with E-state index >= 15 is 0 Å². The highest BCUT2D eigenvalue weighted by Crippen LogP contribution is 2.32. The molecule has 6 heteroatoms. The van der Waals surface area contributed by atoms with Gasteiger partial charge in [0.05, 0.1) is 23.1 Å². The first-order chi connectivity index (χ1) is 15.1. The predicted octanol–water partition coefficient (Wildman–Crippen LogP) is 5.88. The van der Waals surface area contributed by atoms with Gasteiger partial charge in [-0.1, -0.05) is 18.2 Å². The summed E-state index contributed by atoms with van der Waals surface area (Å²) in [4.78, 5) is 22.9. The second-order valence-corrected chi connectivity index (χ2v) is 8.66. The number of rotatable bonds is 5. The Labute approximate surface area is 182 Å². The molecule has 0 saturated carbocycles. The topological polar surface area (TPSA) is 68.0 Å². The van der Waals surface area contributed by atoms with Gasteiger partial charge in [0.2, 0.25) is 0 Å². The molecule has 31 heavy (non-hydrogen) atoms. The van der Waals surface area contributed by atoms with Crippen molar-refractivity contribution >= 4 is 51.3 Å². The van der Waals surface area contributed by atoms with Crippen LogP contribution in [-0.2, 0) is 11.3 Å². The fraction of sp³-hybridized carbons (Fsp3) is 0.0800. The third-order valence-corrected chi connectivity index (χ3v) is 6.16. The van der Waals surface area contributed by atoms with Crippen molar-refractivity contribution in [1.29, 1.82) is 0 Å². The van der Waals surface area contributed by atoms with Crippen molar-refractivity contribution in [2.24, 2.45) is 0 Å². The maximum absolute atomic E-state index is 11.5. The van der Waals surface area contributed by atoms with Gasteiger partial charge >= 0.3 is 5.97 Å². The van der Waals surface area contributed by atoms with Gasteiger partial charge in [-0.3, -0.25) is 14.8 Å². The number of nitrogens with zero attached hydrogens (tertiary/aromatic N) is 3. The molecule has 5 nitrogen and oxygen atoms in total. The van der Waals surface area contributed by atoms with E-state index in [0.717, 1.165) is 38.8 Å². The number of fused-ring (bicyclic) bond motifs is 3. The summed E-state index contributed by atoms with van der Waals surface area (Å²) in [6.07, 6.45) is 7.68. The number of pyridine rings is 2. The van der Waals surface area contributed by atoms with Crippen LogP contribution in [0.25, 0.3) is 45.3 Å². The number of aliphatic carboxylic acids is 1. The Bertz CT molecular complexity index is 1450. The number of thiophene rings is 1. The van der Waals surface area contributed by atoms with Gasteiger partial charge in [0, 0.05) is 32.2 Å². The van der Waals surface area contributed by atoms with Crippen molar-refractivity contribution in [3.8, 4) is 11.4 Å². The molecule has 0 spiro atoms. The number of aryl methyl sites for hydroxylation is 1. The highest BCUT2D eigenvalue weighted by atomic mass is 32.1. The second-order valence-electron chi connectivity index (χ2n) is 7.34. The number of benzene rings is 1. The van der Waals surface area contributed by atoms with E-state index in [4.69, 9.17) is 0 Å². The van der Waals surface area contributed by atoms with Crippen LogP contribution in [0.4, 0.5) is 0 Å². The van der Waals surface area contributed by atoms with Crippen molar-refractivity contribution in [2.75, 3.05) is 0 Å². The van der Waals surface area contributed by atoms with Gasteiger partial charge in [-0.05, 0) is 61.0 Å². The molecule has 0 fully saturated rings. The van der Waals surface area contributed by atoms with Crippen LogP contribution in [0.15, 0.2) is 67.0 Å². The fourth-order valence-corrected chi connectivity index (χ4v) is 4.58. The zero-order valence-corrected chi connectivity index (χ0v) is 17.6. The third-order valence-electron chi connectivity index (χ3n) is 5.20. The number of aromatic nitrogens is 3. The molecule has 5 rings (SSSR count). The van der Waals surface area contributed by atoms with E-state index in [1.165, 1.54) is 9.75 Å². The highest BCUT2D eigenvalue weighted by molar-refractivity contribution is 7.12. The maximum Gasteiger partial charge on any atom is 0.323 e. The van der Waals surface area contributed by atoms with Crippen molar-refractivity contribution in [1.82, 2.24) is 14.5 Å². The van der Waals surface area contributed by atoms with E-state index in [-0.39, 0.29) is 6.54 Å². The van der Waals surface area contributed by atoms with E-state index in [2.05, 4.69) is 47.2 Å². The number of carboxylic acids is 1. The molecule has 0 atom stereocenters. The molecule has 0 radical (unpaired) electrons. The number of carbonyl (C=O) groups is 1. The van der Waals surface area contributed by atoms with Crippen molar-refractivity contribution in [2.45, 2.75) is 13.5 Å². The van der Waals surface area contributed by atoms with E-state index in [1.807, 2.05) is 36.4 Å². The molecule has 0 unspecified atom stereocenters. The van der Waals surface area contributed by atoms with Gasteiger partial charge in [-0.15, -0.1) is 11.3 Å². The van der Waals surface area contributed by atoms with Gasteiger partial charge in [-0.2, -0.15) is 0 Å². The molecule has 152 valence electrons. The van der Waals surface area contributed by atoms with Crippen molar-refractivity contribution < 1.29 is 9.90 Å². The molecule has 1 aromatic carbocycles. The molecule has 1 N–H and O–H groups in total. The van der Waals surface area contributed by atoms with Crippen LogP contribution < -0.4 is 0 Å². The second kappa shape index (κ2) is 7.81. The predicted molar refractivity (Wildman–Crippen MR) is 126 cm³/mol. The summed E-state index contributed by atoms with van der Waals surface area (Å²) in [7, 11) is 0. The molecule has 0 aliphatic carbocycles. The first kappa shape index (κ1) is 19.2. The molecule has 5 aromatic rings. The van der Waals surface area contributed by atoms with Crippen molar-refractivity contribution in [3.63, 3.8) is 0 Å². The lowest BCUT2D eigenvalue weighted by atomic mass is 10.1. The lowest BCUT2D eigenvalue weighted by Crippen LogP contribution is -2.08. The first-order valence-electron chi connectivity index (χ1n) is 9.88. The normalized spacial score (nSPS) is 11.6. The Morgan fingerprint density at radius 3 is 2.61 bits per heavy atom. The van der Waals surface area contributed by atoms with Crippen LogP contribution in [-0.4, -0.2) is 25.6 Å². The average molecular weight is 426 g/mol. The zero-order valence-electron chi connectivity index (χ0n) is 16.8. The zero-order chi connectivity index (χ0) is 21.4. The minimum absolute atomic E-state index is 0.117. The van der Waals surface area contributed by atoms with E-state index < -0.39 is 5.97 Å². The SMILES string of the molecule is Cc1ccc(/C=C/c2ccc3c(c2)c2cc(-c4ccccn4)ncc2n3CC(=O)O)s1. The van der Waals surface area contributed by atoms with E-state index in [1.54, 1.807) is 28.3 Å². The number of hydrogen-bond acceptors (Lipinski definition) is 4. The van der Waals surface area contributed by atoms with Crippen LogP contribution in [0.2, 0.25) is 0 Å². The molecule has 0 aliphatic rings. The molecule has 4 heterocycles. The molecule has 4 aromatic heterocycles. The fourth-order valence-electron chi connectivity index (χ4n) is 3.80. The smallest absolute Gasteiger partial charge is 0.323 e. The Hall–Kier alpha value is -3.77. The van der Waals surface area contributed by atoms with Gasteiger partial charge in [0.15, 0.2) is 0 Å². The first-order valence-corrected chi connectivity index (χ1v) is 10.7. The van der Waals surface area contributed by atoms with Gasteiger partial charge in [0.1, 0.15) is 6.54 Å². The average Bonchev–Trinajstić information content (AvgIpc) is 3.33. The largest absolute Gasteiger partial charge is 0.480 e. The summed E-state index contributed by atoms with van der Waals surface area (Å²) in [5.74, 6) is -0.885. The summed E-state index contributed by atoms with van der Waals surface area (Å²) in [6.45, 7) is 1.98. The summed E-state index contributed by atoms with van der Waals surface area (Å²) < 4.78 is 1.80. The standard InChI is InChI=1S/C25H19N3O2S/c1-16-5-8-18(31-16)9-6-17-7-10-23-19(12-17)20-13-22(21-4-2-3-11-26-21)27-14-24(20)28(23)15-25(29)30/h2-14H,15H2,1H3,(H,29,30)/b9-6+. The summed E-state index contributed by atoms with van der Waals surface area (Å²) in [5, 5.41) is 11.4. The van der Waals surface area contributed by atoms with Crippen LogP contribution in [0.5, 0.6) is 0 Å². The molecular weight excluding hydrogens is 406 g/mol. The van der Waals surface area contributed by atoms with Crippen LogP contribution in [0.3, 0.4) is 0 Å². The highest BCUT2D eigenvalue weighted by Gasteiger charge is 2.15. The lowest BCUT2D eigenvalue weighted by Gasteiger charge is -2.04. The minimum Gasteiger partial charge on any atom is -0.480 e. The molecular formula is C25H19N3O2S. The Morgan fingerprint density at radius 2 is 1.87 bits per heavy atom. The van der Waals surface area contributed by atoms with Gasteiger partial charge in [-0.25, -0.2) is 0 Å². The molecule has 0 saturated heterocycles. The van der Waals surface area contributed by atoms with Crippen LogP contribution >= 0.6 is 11.3 Å². The Balaban J connectivity index is 1.68. The van der Waals surface area contributed by atoms with Crippen molar-refractivity contribution in [3.05, 3.63) is 82.3 Å². The quantitative estimate of drug-likeness (QED) is 0.382. The summed E-state index contributed by atoms with van der Waals surface area (Å²) in [5.41, 5.74) is 4.28. The number of carboxylic acid groups (broad SMARTS) is 1. The van der Waals surface area contributed by atoms with Gasteiger partial charge < -0.3 is 9.67 Å². The maximum atomic E-state index is 11.5. The Kier molecular flexibility index (Phi) is 4.84. The van der Waals surface area contributed by atoms with Crippen LogP contribution in [0, 0.1) is 6.92 Å². The molecule has 0 bridgehead atoms. The van der Waals surface area contributed by atoms with E-state index in [0.29, 0.717) is 0 Å². The van der Waals surface area contributed by atoms with E-state index in [9.17, 15) is 9.90 Å². The molecule has 0 aliphatic heterocycles. The summed E-state index contributed by atoms with van der Waals surface area (Å²) in [6, 6.07) is 18.0. The lowest BCUT2D eigenvalue weighted by molar-refractivity contribution is -0.137. The monoisotopic (exact) mass is 425 g/mol. The number of hydrogen-bond donors (Lipinski definition) is 1. The Morgan fingerprint density at radius 1 is 1.00 bits per heavy atom. The summed E-state index contributed by atoms with van der Waals surface area (Å²) >= 11 is 1.75. The van der Waals surface area contributed by atoms with Crippen LogP contribution in [0.1, 0.15) is 15.3 Å². The minimum atomic E-state index is -0.885.